The lowest BCUT2D eigenvalue weighted by molar-refractivity contribution is -0.123. The molecule has 1 aliphatic heterocycles. The van der Waals surface area contributed by atoms with Crippen molar-refractivity contribution in [3.8, 4) is 0 Å². The van der Waals surface area contributed by atoms with Crippen LogP contribution in [0.1, 0.15) is 36.2 Å². The number of ether oxygens (including phenoxy) is 1. The van der Waals surface area contributed by atoms with Crippen LogP contribution in [-0.4, -0.2) is 55.6 Å². The van der Waals surface area contributed by atoms with E-state index < -0.39 is 5.91 Å². The number of amides is 3. The van der Waals surface area contributed by atoms with Crippen LogP contribution in [0, 0.1) is 5.92 Å². The minimum absolute atomic E-state index is 0.0679. The molecule has 1 aliphatic carbocycles. The Morgan fingerprint density at radius 1 is 1.23 bits per heavy atom. The lowest BCUT2D eigenvalue weighted by Crippen LogP contribution is -2.42. The summed E-state index contributed by atoms with van der Waals surface area (Å²) in [7, 11) is 0. The Kier molecular flexibility index (Phi) is 6.40. The van der Waals surface area contributed by atoms with Crippen molar-refractivity contribution in [3.05, 3.63) is 11.1 Å². The number of anilines is 1. The number of nitrogens with one attached hydrogen (secondary N) is 3. The van der Waals surface area contributed by atoms with Gasteiger partial charge in [-0.2, -0.15) is 0 Å². The van der Waals surface area contributed by atoms with Gasteiger partial charge in [-0.1, -0.05) is 0 Å². The quantitative estimate of drug-likeness (QED) is 0.454. The van der Waals surface area contributed by atoms with Crippen LogP contribution < -0.4 is 21.1 Å². The highest BCUT2D eigenvalue weighted by Crippen LogP contribution is 2.28. The molecule has 1 aromatic rings. The molecule has 0 atom stereocenters. The van der Waals surface area contributed by atoms with E-state index in [1.54, 1.807) is 5.38 Å². The van der Waals surface area contributed by atoms with Crippen LogP contribution in [0.15, 0.2) is 5.38 Å². The van der Waals surface area contributed by atoms with E-state index in [1.165, 1.54) is 11.3 Å². The first kappa shape index (κ1) is 18.6. The molecule has 3 rings (SSSR count). The van der Waals surface area contributed by atoms with E-state index in [0.717, 1.165) is 31.1 Å². The van der Waals surface area contributed by atoms with Gasteiger partial charge in [-0.05, 0) is 19.3 Å². The van der Waals surface area contributed by atoms with Crippen molar-refractivity contribution >= 4 is 34.2 Å². The molecule has 1 saturated heterocycles. The Bertz CT molecular complexity index is 655. The molecule has 1 saturated carbocycles. The second-order valence-corrected chi connectivity index (χ2v) is 7.12. The molecule has 142 valence electrons. The number of aromatic nitrogens is 1. The summed E-state index contributed by atoms with van der Waals surface area (Å²) < 4.78 is 5.29. The third-order valence-electron chi connectivity index (χ3n) is 4.15. The summed E-state index contributed by atoms with van der Waals surface area (Å²) in [4.78, 5) is 41.6. The number of morpholine rings is 1. The normalized spacial score (nSPS) is 16.8. The van der Waals surface area contributed by atoms with Crippen LogP contribution in [0.25, 0.3) is 0 Å². The van der Waals surface area contributed by atoms with Gasteiger partial charge in [0.05, 0.1) is 13.2 Å². The number of carbonyl (C=O) groups excluding carboxylic acids is 3. The molecule has 2 aliphatic rings. The van der Waals surface area contributed by atoms with Crippen LogP contribution in [0.4, 0.5) is 5.13 Å². The molecule has 2 heterocycles. The third-order valence-corrected chi connectivity index (χ3v) is 5.05. The monoisotopic (exact) mass is 381 g/mol. The highest BCUT2D eigenvalue weighted by Gasteiger charge is 2.29. The lowest BCUT2D eigenvalue weighted by atomic mass is 10.3. The zero-order valence-corrected chi connectivity index (χ0v) is 15.3. The maximum atomic E-state index is 12.1. The van der Waals surface area contributed by atoms with Gasteiger partial charge in [0.25, 0.3) is 5.91 Å². The first-order valence-corrected chi connectivity index (χ1v) is 9.66. The van der Waals surface area contributed by atoms with Crippen molar-refractivity contribution in [1.29, 1.82) is 0 Å². The predicted molar refractivity (Wildman–Crippen MR) is 95.7 cm³/mol. The smallest absolute Gasteiger partial charge is 0.289 e. The predicted octanol–water partition coefficient (Wildman–Crippen LogP) is 0.0471. The number of rotatable bonds is 7. The first-order chi connectivity index (χ1) is 12.6. The van der Waals surface area contributed by atoms with E-state index in [9.17, 15) is 14.4 Å². The van der Waals surface area contributed by atoms with Gasteiger partial charge in [0.2, 0.25) is 11.8 Å². The molecular weight excluding hydrogens is 358 g/mol. The highest BCUT2D eigenvalue weighted by molar-refractivity contribution is 7.13. The molecule has 0 unspecified atom stereocenters. The molecule has 26 heavy (non-hydrogen) atoms. The summed E-state index contributed by atoms with van der Waals surface area (Å²) in [5.41, 5.74) is 5.01. The Hall–Kier alpha value is -2.20. The zero-order chi connectivity index (χ0) is 18.4. The van der Waals surface area contributed by atoms with Crippen LogP contribution in [0.3, 0.4) is 0 Å². The molecule has 0 bridgehead atoms. The van der Waals surface area contributed by atoms with Gasteiger partial charge in [-0.25, -0.2) is 4.98 Å². The van der Waals surface area contributed by atoms with E-state index in [1.807, 2.05) is 0 Å². The summed E-state index contributed by atoms with van der Waals surface area (Å²) in [5.74, 6) is -0.513. The van der Waals surface area contributed by atoms with Crippen molar-refractivity contribution in [2.24, 2.45) is 5.92 Å². The van der Waals surface area contributed by atoms with Crippen molar-refractivity contribution < 1.29 is 19.1 Å². The molecule has 0 aromatic carbocycles. The zero-order valence-electron chi connectivity index (χ0n) is 14.5. The van der Waals surface area contributed by atoms with Crippen molar-refractivity contribution in [2.75, 3.05) is 37.7 Å². The van der Waals surface area contributed by atoms with E-state index in [0.29, 0.717) is 26.2 Å². The second kappa shape index (κ2) is 8.95. The molecule has 10 heteroatoms. The van der Waals surface area contributed by atoms with Crippen LogP contribution in [0.2, 0.25) is 0 Å². The minimum atomic E-state index is -0.448. The average molecular weight is 381 g/mol. The molecule has 0 radical (unpaired) electrons. The lowest BCUT2D eigenvalue weighted by Gasteiger charge is -2.25. The summed E-state index contributed by atoms with van der Waals surface area (Å²) in [6.07, 6.45) is 2.67. The molecule has 1 aromatic heterocycles. The van der Waals surface area contributed by atoms with E-state index >= 15 is 0 Å². The van der Waals surface area contributed by atoms with Crippen molar-refractivity contribution in [1.82, 2.24) is 21.2 Å². The van der Waals surface area contributed by atoms with E-state index in [-0.39, 0.29) is 29.8 Å². The Morgan fingerprint density at radius 3 is 2.73 bits per heavy atom. The average Bonchev–Trinajstić information content (AvgIpc) is 3.40. The maximum absolute atomic E-state index is 12.1. The molecule has 2 fully saturated rings. The van der Waals surface area contributed by atoms with Gasteiger partial charge in [-0.15, -0.1) is 11.3 Å². The number of carbonyl (C=O) groups is 3. The molecule has 3 N–H and O–H groups in total. The molecule has 9 nitrogen and oxygen atoms in total. The van der Waals surface area contributed by atoms with Gasteiger partial charge in [0.15, 0.2) is 5.13 Å². The number of nitrogens with zero attached hydrogens (tertiary/aromatic N) is 2. The fourth-order valence-corrected chi connectivity index (χ4v) is 3.33. The summed E-state index contributed by atoms with van der Waals surface area (Å²) in [6, 6.07) is 0. The van der Waals surface area contributed by atoms with Crippen LogP contribution >= 0.6 is 11.3 Å². The number of hydrazine groups is 1. The van der Waals surface area contributed by atoms with Crippen molar-refractivity contribution in [3.63, 3.8) is 0 Å². The number of thiazole rings is 1. The third kappa shape index (κ3) is 5.40. The van der Waals surface area contributed by atoms with Gasteiger partial charge in [0, 0.05) is 37.4 Å². The van der Waals surface area contributed by atoms with Crippen LogP contribution in [-0.2, 0) is 14.3 Å². The summed E-state index contributed by atoms with van der Waals surface area (Å²) >= 11 is 1.39. The van der Waals surface area contributed by atoms with Crippen molar-refractivity contribution in [2.45, 2.75) is 25.7 Å². The molecule has 0 spiro atoms. The fourth-order valence-electron chi connectivity index (χ4n) is 2.47. The Morgan fingerprint density at radius 2 is 2.00 bits per heavy atom. The number of hydrogen-bond donors (Lipinski definition) is 3. The Balaban J connectivity index is 1.33. The van der Waals surface area contributed by atoms with Gasteiger partial charge >= 0.3 is 0 Å². The first-order valence-electron chi connectivity index (χ1n) is 8.78. The largest absolute Gasteiger partial charge is 0.378 e. The van der Waals surface area contributed by atoms with Gasteiger partial charge in [-0.3, -0.25) is 25.2 Å². The van der Waals surface area contributed by atoms with Gasteiger partial charge < -0.3 is 15.0 Å². The second-order valence-electron chi connectivity index (χ2n) is 6.29. The fraction of sp³-hybridized carbons (Fsp3) is 0.625. The molecule has 3 amide bonds. The van der Waals surface area contributed by atoms with Gasteiger partial charge in [0.1, 0.15) is 5.69 Å². The number of hydrogen-bond acceptors (Lipinski definition) is 7. The summed E-state index contributed by atoms with van der Waals surface area (Å²) in [5, 5.41) is 5.24. The van der Waals surface area contributed by atoms with E-state index in [2.05, 4.69) is 26.1 Å². The Labute approximate surface area is 155 Å². The highest BCUT2D eigenvalue weighted by atomic mass is 32.1. The summed E-state index contributed by atoms with van der Waals surface area (Å²) in [6.45, 7) is 3.27. The van der Waals surface area contributed by atoms with E-state index in [4.69, 9.17) is 4.74 Å². The minimum Gasteiger partial charge on any atom is -0.378 e. The SMILES string of the molecule is O=C(CCCNC(=O)C1CC1)NNC(=O)c1csc(N2CCOCC2)n1. The van der Waals surface area contributed by atoms with Crippen LogP contribution in [0.5, 0.6) is 0 Å². The molecular formula is C16H23N5O4S. The topological polar surface area (TPSA) is 113 Å². The standard InChI is InChI=1S/C16H23N5O4S/c22-13(2-1-5-17-14(23)11-3-4-11)19-20-15(24)12-10-26-16(18-12)21-6-8-25-9-7-21/h10-11H,1-9H2,(H,17,23)(H,19,22)(H,20,24). The maximum Gasteiger partial charge on any atom is 0.289 e.